The Morgan fingerprint density at radius 1 is 1.50 bits per heavy atom. The zero-order chi connectivity index (χ0) is 13.5. The molecule has 0 saturated heterocycles. The topological polar surface area (TPSA) is 132 Å². The third kappa shape index (κ3) is 3.70. The standard InChI is InChI=1S/C9H15N5O4/c1-5(8(15)11-3-4-17-2)12-9(16)6-7(10)14-18-13-6/h5H,3-4H2,1-2H3,(H2,10,14)(H,11,15)(H,12,16). The molecule has 1 atom stereocenters. The lowest BCUT2D eigenvalue weighted by molar-refractivity contribution is -0.122. The number of nitrogens with one attached hydrogen (secondary N) is 2. The summed E-state index contributed by atoms with van der Waals surface area (Å²) in [6, 6.07) is -0.731. The van der Waals surface area contributed by atoms with Crippen molar-refractivity contribution in [3.8, 4) is 0 Å². The molecule has 1 rings (SSSR count). The molecule has 0 radical (unpaired) electrons. The highest BCUT2D eigenvalue weighted by Crippen LogP contribution is 2.03. The second-order valence-corrected chi connectivity index (χ2v) is 3.48. The third-order valence-electron chi connectivity index (χ3n) is 2.08. The zero-order valence-corrected chi connectivity index (χ0v) is 10.1. The van der Waals surface area contributed by atoms with Crippen molar-refractivity contribution in [1.82, 2.24) is 20.9 Å². The van der Waals surface area contributed by atoms with E-state index in [-0.39, 0.29) is 17.4 Å². The molecule has 1 unspecified atom stereocenters. The van der Waals surface area contributed by atoms with Gasteiger partial charge in [0.1, 0.15) is 6.04 Å². The van der Waals surface area contributed by atoms with E-state index in [4.69, 9.17) is 10.5 Å². The van der Waals surface area contributed by atoms with Gasteiger partial charge in [0.05, 0.1) is 6.61 Å². The molecule has 0 aliphatic heterocycles. The molecule has 0 spiro atoms. The lowest BCUT2D eigenvalue weighted by Gasteiger charge is -2.12. The first kappa shape index (κ1) is 13.9. The number of carbonyl (C=O) groups excluding carboxylic acids is 2. The lowest BCUT2D eigenvalue weighted by atomic mass is 10.3. The fraction of sp³-hybridized carbons (Fsp3) is 0.556. The Morgan fingerprint density at radius 2 is 2.22 bits per heavy atom. The molecule has 0 fully saturated rings. The van der Waals surface area contributed by atoms with Crippen molar-refractivity contribution < 1.29 is 19.0 Å². The van der Waals surface area contributed by atoms with E-state index in [0.717, 1.165) is 0 Å². The van der Waals surface area contributed by atoms with E-state index >= 15 is 0 Å². The maximum absolute atomic E-state index is 11.6. The molecular weight excluding hydrogens is 242 g/mol. The lowest BCUT2D eigenvalue weighted by Crippen LogP contribution is -2.45. The summed E-state index contributed by atoms with van der Waals surface area (Å²) in [5, 5.41) is 11.6. The van der Waals surface area contributed by atoms with E-state index in [1.165, 1.54) is 14.0 Å². The number of amides is 2. The molecule has 1 aromatic rings. The van der Waals surface area contributed by atoms with Crippen molar-refractivity contribution in [3.63, 3.8) is 0 Å². The predicted octanol–water partition coefficient (Wildman–Crippen LogP) is -1.47. The van der Waals surface area contributed by atoms with Gasteiger partial charge < -0.3 is 21.1 Å². The molecule has 4 N–H and O–H groups in total. The Labute approximate surface area is 103 Å². The van der Waals surface area contributed by atoms with Gasteiger partial charge in [-0.1, -0.05) is 0 Å². The van der Waals surface area contributed by atoms with Gasteiger partial charge in [-0.25, -0.2) is 4.63 Å². The van der Waals surface area contributed by atoms with E-state index < -0.39 is 11.9 Å². The van der Waals surface area contributed by atoms with E-state index in [9.17, 15) is 9.59 Å². The summed E-state index contributed by atoms with van der Waals surface area (Å²) < 4.78 is 9.06. The minimum Gasteiger partial charge on any atom is -0.383 e. The first-order chi connectivity index (χ1) is 8.56. The van der Waals surface area contributed by atoms with Crippen molar-refractivity contribution in [2.75, 3.05) is 26.0 Å². The Morgan fingerprint density at radius 3 is 2.78 bits per heavy atom. The van der Waals surface area contributed by atoms with Gasteiger partial charge in [-0.3, -0.25) is 9.59 Å². The normalized spacial score (nSPS) is 11.9. The predicted molar refractivity (Wildman–Crippen MR) is 60.5 cm³/mol. The Kier molecular flexibility index (Phi) is 5.06. The van der Waals surface area contributed by atoms with Gasteiger partial charge in [0.25, 0.3) is 5.91 Å². The highest BCUT2D eigenvalue weighted by molar-refractivity contribution is 5.98. The molecule has 9 heteroatoms. The quantitative estimate of drug-likeness (QED) is 0.530. The summed E-state index contributed by atoms with van der Waals surface area (Å²) in [6.45, 7) is 2.29. The van der Waals surface area contributed by atoms with Crippen LogP contribution in [0.2, 0.25) is 0 Å². The van der Waals surface area contributed by atoms with Gasteiger partial charge in [0, 0.05) is 13.7 Å². The SMILES string of the molecule is COCCNC(=O)C(C)NC(=O)c1nonc1N. The molecule has 0 aliphatic carbocycles. The van der Waals surface area contributed by atoms with Crippen molar-refractivity contribution >= 4 is 17.6 Å². The molecule has 0 saturated carbocycles. The molecule has 1 heterocycles. The van der Waals surface area contributed by atoms with Crippen LogP contribution in [0.15, 0.2) is 4.63 Å². The number of nitrogens with two attached hydrogens (primary N) is 1. The van der Waals surface area contributed by atoms with Crippen LogP contribution in [0.1, 0.15) is 17.4 Å². The molecule has 18 heavy (non-hydrogen) atoms. The monoisotopic (exact) mass is 257 g/mol. The van der Waals surface area contributed by atoms with Gasteiger partial charge in [-0.05, 0) is 17.2 Å². The highest BCUT2D eigenvalue weighted by Gasteiger charge is 2.21. The van der Waals surface area contributed by atoms with Crippen molar-refractivity contribution in [2.45, 2.75) is 13.0 Å². The van der Waals surface area contributed by atoms with Gasteiger partial charge in [-0.15, -0.1) is 0 Å². The average Bonchev–Trinajstić information content (AvgIpc) is 2.75. The van der Waals surface area contributed by atoms with E-state index in [2.05, 4.69) is 25.6 Å². The molecule has 9 nitrogen and oxygen atoms in total. The second kappa shape index (κ2) is 6.55. The second-order valence-electron chi connectivity index (χ2n) is 3.48. The minimum atomic E-state index is -0.731. The highest BCUT2D eigenvalue weighted by atomic mass is 16.6. The van der Waals surface area contributed by atoms with Crippen LogP contribution in [0.4, 0.5) is 5.82 Å². The van der Waals surface area contributed by atoms with Gasteiger partial charge in [0.2, 0.25) is 17.4 Å². The summed E-state index contributed by atoms with van der Waals surface area (Å²) in [5.74, 6) is -1.09. The fourth-order valence-corrected chi connectivity index (χ4v) is 1.11. The fourth-order valence-electron chi connectivity index (χ4n) is 1.11. The van der Waals surface area contributed by atoms with Gasteiger partial charge >= 0.3 is 0 Å². The third-order valence-corrected chi connectivity index (χ3v) is 2.08. The maximum Gasteiger partial charge on any atom is 0.278 e. The van der Waals surface area contributed by atoms with Crippen molar-refractivity contribution in [3.05, 3.63) is 5.69 Å². The van der Waals surface area contributed by atoms with Crippen LogP contribution in [0.5, 0.6) is 0 Å². The minimum absolute atomic E-state index is 0.125. The Bertz CT molecular complexity index is 419. The van der Waals surface area contributed by atoms with Crippen LogP contribution in [0.3, 0.4) is 0 Å². The summed E-state index contributed by atoms with van der Waals surface area (Å²) in [7, 11) is 1.53. The van der Waals surface area contributed by atoms with Crippen LogP contribution in [-0.2, 0) is 9.53 Å². The number of nitrogen functional groups attached to an aromatic ring is 1. The van der Waals surface area contributed by atoms with Crippen LogP contribution >= 0.6 is 0 Å². The summed E-state index contributed by atoms with van der Waals surface area (Å²) in [5.41, 5.74) is 5.20. The van der Waals surface area contributed by atoms with Crippen LogP contribution in [-0.4, -0.2) is 48.4 Å². The Hall–Kier alpha value is -2.16. The van der Waals surface area contributed by atoms with Gasteiger partial charge in [0.15, 0.2) is 0 Å². The first-order valence-electron chi connectivity index (χ1n) is 5.21. The van der Waals surface area contributed by atoms with E-state index in [1.54, 1.807) is 0 Å². The molecular formula is C9H15N5O4. The van der Waals surface area contributed by atoms with Crippen LogP contribution < -0.4 is 16.4 Å². The number of aromatic nitrogens is 2. The number of nitrogens with zero attached hydrogens (tertiary/aromatic N) is 2. The molecule has 100 valence electrons. The number of ether oxygens (including phenoxy) is 1. The van der Waals surface area contributed by atoms with Crippen molar-refractivity contribution in [2.24, 2.45) is 0 Å². The Balaban J connectivity index is 2.44. The summed E-state index contributed by atoms with van der Waals surface area (Å²) >= 11 is 0. The zero-order valence-electron chi connectivity index (χ0n) is 10.1. The molecule has 2 amide bonds. The number of rotatable bonds is 6. The van der Waals surface area contributed by atoms with Crippen LogP contribution in [0.25, 0.3) is 0 Å². The van der Waals surface area contributed by atoms with E-state index in [1.807, 2.05) is 0 Å². The van der Waals surface area contributed by atoms with E-state index in [0.29, 0.717) is 13.2 Å². The van der Waals surface area contributed by atoms with Crippen molar-refractivity contribution in [1.29, 1.82) is 0 Å². The number of anilines is 1. The summed E-state index contributed by atoms with van der Waals surface area (Å²) in [6.07, 6.45) is 0. The number of hydrogen-bond acceptors (Lipinski definition) is 7. The summed E-state index contributed by atoms with van der Waals surface area (Å²) in [4.78, 5) is 23.1. The average molecular weight is 257 g/mol. The number of hydrogen-bond donors (Lipinski definition) is 3. The first-order valence-corrected chi connectivity index (χ1v) is 5.21. The maximum atomic E-state index is 11.6. The molecule has 0 aliphatic rings. The number of methoxy groups -OCH3 is 1. The molecule has 1 aromatic heterocycles. The van der Waals surface area contributed by atoms with Crippen LogP contribution in [0, 0.1) is 0 Å². The largest absolute Gasteiger partial charge is 0.383 e. The number of carbonyl (C=O) groups is 2. The molecule has 0 aromatic carbocycles. The van der Waals surface area contributed by atoms with Gasteiger partial charge in [-0.2, -0.15) is 0 Å². The smallest absolute Gasteiger partial charge is 0.278 e. The molecule has 0 bridgehead atoms.